The van der Waals surface area contributed by atoms with Gasteiger partial charge in [-0.15, -0.1) is 0 Å². The topological polar surface area (TPSA) is 93.0 Å². The lowest BCUT2D eigenvalue weighted by atomic mass is 10.2. The molecule has 2 heterocycles. The molecule has 0 fully saturated rings. The van der Waals surface area contributed by atoms with Gasteiger partial charge in [0, 0.05) is 24.5 Å². The van der Waals surface area contributed by atoms with Gasteiger partial charge < -0.3 is 9.73 Å². The molecule has 3 aromatic rings. The second-order valence-corrected chi connectivity index (χ2v) is 6.17. The molecule has 7 nitrogen and oxygen atoms in total. The maximum absolute atomic E-state index is 12.1. The molecule has 0 bridgehead atoms. The average Bonchev–Trinajstić information content (AvgIpc) is 3.01. The number of nitrogens with zero attached hydrogens (tertiary/aromatic N) is 3. The van der Waals surface area contributed by atoms with E-state index in [0.29, 0.717) is 16.4 Å². The van der Waals surface area contributed by atoms with Crippen LogP contribution in [-0.4, -0.2) is 9.13 Å². The van der Waals surface area contributed by atoms with Gasteiger partial charge in [-0.1, -0.05) is 11.6 Å². The summed E-state index contributed by atoms with van der Waals surface area (Å²) in [6.45, 7) is 1.81. The Morgan fingerprint density at radius 2 is 1.96 bits per heavy atom. The molecule has 0 aliphatic carbocycles. The van der Waals surface area contributed by atoms with Crippen molar-refractivity contribution in [3.63, 3.8) is 0 Å². The van der Waals surface area contributed by atoms with Gasteiger partial charge in [-0.2, -0.15) is 5.26 Å². The number of furan rings is 1. The first-order valence-electron chi connectivity index (χ1n) is 7.49. The highest BCUT2D eigenvalue weighted by molar-refractivity contribution is 6.31. The van der Waals surface area contributed by atoms with Gasteiger partial charge in [0.1, 0.15) is 23.2 Å². The highest BCUT2D eigenvalue weighted by atomic mass is 35.5. The number of nitriles is 1. The summed E-state index contributed by atoms with van der Waals surface area (Å²) in [5.41, 5.74) is -0.617. The summed E-state index contributed by atoms with van der Waals surface area (Å²) in [6.07, 6.45) is 0. The van der Waals surface area contributed by atoms with E-state index >= 15 is 0 Å². The highest BCUT2D eigenvalue weighted by Gasteiger charge is 2.19. The summed E-state index contributed by atoms with van der Waals surface area (Å²) in [5.74, 6) is 0.746. The predicted molar refractivity (Wildman–Crippen MR) is 94.9 cm³/mol. The molecule has 0 saturated carbocycles. The summed E-state index contributed by atoms with van der Waals surface area (Å²) in [4.78, 5) is 24.3. The van der Waals surface area contributed by atoms with E-state index < -0.39 is 11.2 Å². The molecular formula is C17H15ClN4O3. The van der Waals surface area contributed by atoms with Crippen LogP contribution in [0.15, 0.2) is 38.3 Å². The Morgan fingerprint density at radius 3 is 2.64 bits per heavy atom. The Labute approximate surface area is 147 Å². The van der Waals surface area contributed by atoms with E-state index in [4.69, 9.17) is 16.0 Å². The molecule has 0 aliphatic rings. The number of benzene rings is 1. The molecule has 1 aromatic carbocycles. The van der Waals surface area contributed by atoms with Crippen LogP contribution in [0.1, 0.15) is 24.3 Å². The van der Waals surface area contributed by atoms with Gasteiger partial charge in [0.25, 0.3) is 5.56 Å². The van der Waals surface area contributed by atoms with Gasteiger partial charge in [-0.25, -0.2) is 4.79 Å². The lowest BCUT2D eigenvalue weighted by molar-refractivity contribution is 0.523. The Morgan fingerprint density at radius 1 is 1.24 bits per heavy atom. The molecule has 25 heavy (non-hydrogen) atoms. The smallest absolute Gasteiger partial charge is 0.332 e. The Balaban J connectivity index is 2.06. The molecule has 0 amide bonds. The average molecular weight is 359 g/mol. The van der Waals surface area contributed by atoms with E-state index in [0.717, 1.165) is 9.95 Å². The van der Waals surface area contributed by atoms with Crippen LogP contribution < -0.4 is 16.6 Å². The molecule has 128 valence electrons. The van der Waals surface area contributed by atoms with E-state index in [1.165, 1.54) is 18.7 Å². The van der Waals surface area contributed by atoms with E-state index in [-0.39, 0.29) is 17.4 Å². The zero-order valence-electron chi connectivity index (χ0n) is 13.8. The molecule has 0 spiro atoms. The van der Waals surface area contributed by atoms with E-state index in [9.17, 15) is 14.9 Å². The minimum atomic E-state index is -0.642. The molecule has 3 rings (SSSR count). The SMILES string of the molecule is CC(Nc1c(C#N)c(=O)n(C)c(=O)n1C)c1cc2cc(Cl)ccc2o1. The van der Waals surface area contributed by atoms with Crippen molar-refractivity contribution in [1.82, 2.24) is 9.13 Å². The fourth-order valence-corrected chi connectivity index (χ4v) is 2.82. The largest absolute Gasteiger partial charge is 0.459 e. The number of halogens is 1. The lowest BCUT2D eigenvalue weighted by Crippen LogP contribution is -2.40. The zero-order valence-corrected chi connectivity index (χ0v) is 14.6. The minimum absolute atomic E-state index is 0.129. The quantitative estimate of drug-likeness (QED) is 0.776. The van der Waals surface area contributed by atoms with Crippen LogP contribution >= 0.6 is 11.6 Å². The number of hydrogen-bond acceptors (Lipinski definition) is 5. The van der Waals surface area contributed by atoms with Crippen molar-refractivity contribution in [1.29, 1.82) is 5.26 Å². The second-order valence-electron chi connectivity index (χ2n) is 5.74. The summed E-state index contributed by atoms with van der Waals surface area (Å²) in [7, 11) is 2.83. The molecule has 0 aliphatic heterocycles. The molecule has 0 radical (unpaired) electrons. The van der Waals surface area contributed by atoms with Crippen molar-refractivity contribution in [3.05, 3.63) is 61.4 Å². The van der Waals surface area contributed by atoms with Crippen molar-refractivity contribution in [3.8, 4) is 6.07 Å². The molecule has 2 aromatic heterocycles. The molecular weight excluding hydrogens is 344 g/mol. The van der Waals surface area contributed by atoms with Crippen LogP contribution in [0.5, 0.6) is 0 Å². The maximum atomic E-state index is 12.1. The van der Waals surface area contributed by atoms with E-state index in [1.807, 2.05) is 19.1 Å². The van der Waals surface area contributed by atoms with Crippen LogP contribution in [0.3, 0.4) is 0 Å². The summed E-state index contributed by atoms with van der Waals surface area (Å²) >= 11 is 5.98. The van der Waals surface area contributed by atoms with Gasteiger partial charge in [0.2, 0.25) is 0 Å². The maximum Gasteiger partial charge on any atom is 0.332 e. The fourth-order valence-electron chi connectivity index (χ4n) is 2.64. The van der Waals surface area contributed by atoms with Gasteiger partial charge in [0.15, 0.2) is 5.56 Å². The predicted octanol–water partition coefficient (Wildman–Crippen LogP) is 2.53. The van der Waals surface area contributed by atoms with Crippen LogP contribution in [0, 0.1) is 11.3 Å². The van der Waals surface area contributed by atoms with Gasteiger partial charge >= 0.3 is 5.69 Å². The summed E-state index contributed by atoms with van der Waals surface area (Å²) in [5, 5.41) is 13.8. The van der Waals surface area contributed by atoms with E-state index in [2.05, 4.69) is 5.32 Å². The second kappa shape index (κ2) is 6.15. The molecule has 1 atom stereocenters. The number of rotatable bonds is 3. The Hall–Kier alpha value is -2.98. The summed E-state index contributed by atoms with van der Waals surface area (Å²) < 4.78 is 7.91. The minimum Gasteiger partial charge on any atom is -0.459 e. The van der Waals surface area contributed by atoms with Crippen molar-refractivity contribution in [2.75, 3.05) is 5.32 Å². The molecule has 0 saturated heterocycles. The third-order valence-corrected chi connectivity index (χ3v) is 4.29. The number of aromatic nitrogens is 2. The van der Waals surface area contributed by atoms with Crippen LogP contribution in [-0.2, 0) is 14.1 Å². The van der Waals surface area contributed by atoms with Crippen molar-refractivity contribution >= 4 is 28.4 Å². The van der Waals surface area contributed by atoms with Crippen molar-refractivity contribution in [2.24, 2.45) is 14.1 Å². The molecule has 8 heteroatoms. The molecule has 1 N–H and O–H groups in total. The van der Waals surface area contributed by atoms with Crippen LogP contribution in [0.4, 0.5) is 5.82 Å². The van der Waals surface area contributed by atoms with Gasteiger partial charge in [-0.05, 0) is 31.2 Å². The number of anilines is 1. The number of nitrogens with one attached hydrogen (secondary N) is 1. The monoisotopic (exact) mass is 358 g/mol. The van der Waals surface area contributed by atoms with Crippen LogP contribution in [0.25, 0.3) is 11.0 Å². The van der Waals surface area contributed by atoms with Crippen molar-refractivity contribution in [2.45, 2.75) is 13.0 Å². The van der Waals surface area contributed by atoms with Gasteiger partial charge in [-0.3, -0.25) is 13.9 Å². The Kier molecular flexibility index (Phi) is 4.15. The zero-order chi connectivity index (χ0) is 18.3. The molecule has 1 unspecified atom stereocenters. The first-order chi connectivity index (χ1) is 11.8. The third kappa shape index (κ3) is 2.81. The fraction of sp³-hybridized carbons (Fsp3) is 0.235. The summed E-state index contributed by atoms with van der Waals surface area (Å²) in [6, 6.07) is 8.58. The highest BCUT2D eigenvalue weighted by Crippen LogP contribution is 2.28. The lowest BCUT2D eigenvalue weighted by Gasteiger charge is -2.17. The first-order valence-corrected chi connectivity index (χ1v) is 7.87. The van der Waals surface area contributed by atoms with E-state index in [1.54, 1.807) is 18.2 Å². The normalized spacial score (nSPS) is 12.1. The first kappa shape index (κ1) is 16.9. The standard InChI is InChI=1S/C17H15ClN4O3/c1-9(14-7-10-6-11(18)4-5-13(10)25-14)20-15-12(8-19)16(23)22(3)17(24)21(15)2/h4-7,9,20H,1-3H3. The van der Waals surface area contributed by atoms with Gasteiger partial charge in [0.05, 0.1) is 6.04 Å². The van der Waals surface area contributed by atoms with Crippen LogP contribution in [0.2, 0.25) is 5.02 Å². The van der Waals surface area contributed by atoms with Crippen molar-refractivity contribution < 1.29 is 4.42 Å². The number of hydrogen-bond donors (Lipinski definition) is 1. The number of fused-ring (bicyclic) bond motifs is 1. The third-order valence-electron chi connectivity index (χ3n) is 4.05. The Bertz CT molecular complexity index is 1130.